The highest BCUT2D eigenvalue weighted by Crippen LogP contribution is 2.27. The van der Waals surface area contributed by atoms with Crippen LogP contribution in [0.4, 0.5) is 5.69 Å². The topological polar surface area (TPSA) is 97.1 Å². The van der Waals surface area contributed by atoms with Crippen LogP contribution in [0.5, 0.6) is 0 Å². The van der Waals surface area contributed by atoms with Crippen LogP contribution in [0.25, 0.3) is 0 Å². The van der Waals surface area contributed by atoms with E-state index in [2.05, 4.69) is 0 Å². The monoisotopic (exact) mass is 371 g/mol. The molecule has 0 aliphatic rings. The maximum Gasteiger partial charge on any atom is 0.500 e. The van der Waals surface area contributed by atoms with Crippen molar-refractivity contribution in [2.45, 2.75) is 38.3 Å². The molecule has 140 valence electrons. The Morgan fingerprint density at radius 3 is 2.32 bits per heavy atom. The lowest BCUT2D eigenvalue weighted by atomic mass is 10.1. The molecule has 1 rings (SSSR count). The molecular formula is C16H25NO7Si. The number of nitro groups is 1. The van der Waals surface area contributed by atoms with E-state index in [1.807, 2.05) is 0 Å². The number of para-hydroxylation sites is 1. The Morgan fingerprint density at radius 1 is 1.16 bits per heavy atom. The van der Waals surface area contributed by atoms with Crippen molar-refractivity contribution in [3.63, 3.8) is 0 Å². The van der Waals surface area contributed by atoms with Gasteiger partial charge >= 0.3 is 14.8 Å². The molecule has 1 atom stereocenters. The minimum absolute atomic E-state index is 0.0566. The molecule has 0 aliphatic carbocycles. The third kappa shape index (κ3) is 6.20. The Kier molecular flexibility index (Phi) is 8.70. The molecule has 1 aromatic rings. The van der Waals surface area contributed by atoms with E-state index in [1.54, 1.807) is 46.5 Å². The molecule has 0 saturated carbocycles. The highest BCUT2D eigenvalue weighted by Gasteiger charge is 2.36. The largest absolute Gasteiger partial charge is 0.500 e. The molecule has 25 heavy (non-hydrogen) atoms. The van der Waals surface area contributed by atoms with E-state index in [0.717, 1.165) is 0 Å². The fourth-order valence-electron chi connectivity index (χ4n) is 2.48. The Morgan fingerprint density at radius 2 is 1.76 bits per heavy atom. The Balaban J connectivity index is 2.48. The first-order valence-corrected chi connectivity index (χ1v) is 9.90. The first kappa shape index (κ1) is 21.2. The van der Waals surface area contributed by atoms with Gasteiger partial charge in [-0.2, -0.15) is 0 Å². The molecule has 0 aromatic heterocycles. The van der Waals surface area contributed by atoms with Gasteiger partial charge in [0.15, 0.2) is 0 Å². The molecule has 0 spiro atoms. The highest BCUT2D eigenvalue weighted by atomic mass is 28.4. The molecular weight excluding hydrogens is 346 g/mol. The zero-order chi connectivity index (χ0) is 18.9. The molecule has 1 unspecified atom stereocenters. The van der Waals surface area contributed by atoms with Crippen molar-refractivity contribution in [2.75, 3.05) is 21.3 Å². The number of ether oxygens (including phenoxy) is 1. The van der Waals surface area contributed by atoms with Crippen molar-refractivity contribution in [3.05, 3.63) is 39.9 Å². The average Bonchev–Trinajstić information content (AvgIpc) is 2.62. The number of hydrogen-bond donors (Lipinski definition) is 0. The molecule has 0 radical (unpaired) electrons. The summed E-state index contributed by atoms with van der Waals surface area (Å²) in [5.74, 6) is -0.398. The lowest BCUT2D eigenvalue weighted by Crippen LogP contribution is -2.42. The summed E-state index contributed by atoms with van der Waals surface area (Å²) in [6.45, 7) is 1.62. The molecule has 0 saturated heterocycles. The van der Waals surface area contributed by atoms with Gasteiger partial charge in [-0.05, 0) is 25.8 Å². The average molecular weight is 371 g/mol. The fraction of sp³-hybridized carbons (Fsp3) is 0.562. The van der Waals surface area contributed by atoms with E-state index in [1.165, 1.54) is 6.07 Å². The predicted octanol–water partition coefficient (Wildman–Crippen LogP) is 3.25. The van der Waals surface area contributed by atoms with Crippen LogP contribution in [-0.2, 0) is 22.8 Å². The standard InChI is InChI=1S/C16H25NO7Si/c1-13(14-9-5-6-10-15(14)17(19)20)24-16(18)11-7-8-12-25(21-2,22-3)23-4/h5-6,9-10,13H,7-8,11-12H2,1-4H3. The SMILES string of the molecule is CO[Si](CCCCC(=O)OC(C)c1ccccc1[N+](=O)[O-])(OC)OC. The van der Waals surface area contributed by atoms with Crippen LogP contribution in [0.15, 0.2) is 24.3 Å². The van der Waals surface area contributed by atoms with Gasteiger partial charge in [0.1, 0.15) is 6.10 Å². The van der Waals surface area contributed by atoms with Crippen LogP contribution in [0.1, 0.15) is 37.9 Å². The van der Waals surface area contributed by atoms with Crippen LogP contribution in [0.3, 0.4) is 0 Å². The van der Waals surface area contributed by atoms with Gasteiger partial charge in [-0.15, -0.1) is 0 Å². The molecule has 0 bridgehead atoms. The number of rotatable bonds is 11. The van der Waals surface area contributed by atoms with E-state index in [4.69, 9.17) is 18.0 Å². The van der Waals surface area contributed by atoms with E-state index in [-0.39, 0.29) is 12.1 Å². The molecule has 8 nitrogen and oxygen atoms in total. The van der Waals surface area contributed by atoms with Crippen molar-refractivity contribution in [1.82, 2.24) is 0 Å². The summed E-state index contributed by atoms with van der Waals surface area (Å²) < 4.78 is 21.3. The number of nitro benzene ring substituents is 1. The van der Waals surface area contributed by atoms with E-state index in [0.29, 0.717) is 24.4 Å². The lowest BCUT2D eigenvalue weighted by molar-refractivity contribution is -0.386. The van der Waals surface area contributed by atoms with Gasteiger partial charge in [-0.1, -0.05) is 12.1 Å². The summed E-state index contributed by atoms with van der Waals surface area (Å²) in [5, 5.41) is 11.0. The van der Waals surface area contributed by atoms with Crippen LogP contribution >= 0.6 is 0 Å². The lowest BCUT2D eigenvalue weighted by Gasteiger charge is -2.24. The van der Waals surface area contributed by atoms with Crippen molar-refractivity contribution in [1.29, 1.82) is 0 Å². The van der Waals surface area contributed by atoms with E-state index in [9.17, 15) is 14.9 Å². The van der Waals surface area contributed by atoms with Crippen LogP contribution in [-0.4, -0.2) is 41.0 Å². The number of carbonyl (C=O) groups excluding carboxylic acids is 1. The summed E-state index contributed by atoms with van der Waals surface area (Å²) in [6, 6.07) is 6.84. The molecule has 0 heterocycles. The molecule has 9 heteroatoms. The second-order valence-electron chi connectivity index (χ2n) is 5.45. The molecule has 0 amide bonds. The molecule has 0 N–H and O–H groups in total. The molecule has 0 fully saturated rings. The summed E-state index contributed by atoms with van der Waals surface area (Å²) in [5.41, 5.74) is 0.323. The maximum absolute atomic E-state index is 12.0. The van der Waals surface area contributed by atoms with Crippen LogP contribution < -0.4 is 0 Å². The summed E-state index contributed by atoms with van der Waals surface area (Å²) in [7, 11) is 2.01. The van der Waals surface area contributed by atoms with Crippen molar-refractivity contribution in [2.24, 2.45) is 0 Å². The van der Waals surface area contributed by atoms with Gasteiger partial charge in [0, 0.05) is 39.9 Å². The van der Waals surface area contributed by atoms with Gasteiger partial charge < -0.3 is 18.0 Å². The number of esters is 1. The van der Waals surface area contributed by atoms with E-state index >= 15 is 0 Å². The summed E-state index contributed by atoms with van der Waals surface area (Å²) >= 11 is 0. The minimum atomic E-state index is -2.62. The van der Waals surface area contributed by atoms with Crippen molar-refractivity contribution < 1.29 is 27.7 Å². The minimum Gasteiger partial charge on any atom is -0.458 e. The smallest absolute Gasteiger partial charge is 0.458 e. The quantitative estimate of drug-likeness (QED) is 0.194. The Bertz CT molecular complexity index is 569. The van der Waals surface area contributed by atoms with Crippen LogP contribution in [0, 0.1) is 10.1 Å². The summed E-state index contributed by atoms with van der Waals surface area (Å²) in [4.78, 5) is 22.5. The first-order valence-electron chi connectivity index (χ1n) is 7.97. The van der Waals surface area contributed by atoms with Gasteiger partial charge in [0.2, 0.25) is 0 Å². The maximum atomic E-state index is 12.0. The number of benzene rings is 1. The first-order chi connectivity index (χ1) is 11.9. The zero-order valence-electron chi connectivity index (χ0n) is 15.0. The van der Waals surface area contributed by atoms with Crippen molar-refractivity contribution >= 4 is 20.5 Å². The van der Waals surface area contributed by atoms with E-state index < -0.39 is 25.8 Å². The number of hydrogen-bond acceptors (Lipinski definition) is 7. The van der Waals surface area contributed by atoms with Gasteiger partial charge in [0.25, 0.3) is 5.69 Å². The predicted molar refractivity (Wildman–Crippen MR) is 93.0 cm³/mol. The molecule has 0 aliphatic heterocycles. The number of nitrogens with zero attached hydrogens (tertiary/aromatic N) is 1. The summed E-state index contributed by atoms with van der Waals surface area (Å²) in [6.07, 6.45) is 0.816. The highest BCUT2D eigenvalue weighted by molar-refractivity contribution is 6.60. The van der Waals surface area contributed by atoms with Gasteiger partial charge in [-0.3, -0.25) is 14.9 Å². The second kappa shape index (κ2) is 10.2. The zero-order valence-corrected chi connectivity index (χ0v) is 16.0. The van der Waals surface area contributed by atoms with Crippen LogP contribution in [0.2, 0.25) is 6.04 Å². The third-order valence-corrected chi connectivity index (χ3v) is 6.76. The number of carbonyl (C=O) groups is 1. The number of unbranched alkanes of at least 4 members (excludes halogenated alkanes) is 1. The fourth-order valence-corrected chi connectivity index (χ4v) is 4.28. The van der Waals surface area contributed by atoms with Gasteiger partial charge in [0.05, 0.1) is 10.5 Å². The Labute approximate surface area is 148 Å². The molecule has 1 aromatic carbocycles. The normalized spacial score (nSPS) is 12.6. The van der Waals surface area contributed by atoms with Crippen molar-refractivity contribution in [3.8, 4) is 0 Å². The Hall–Kier alpha value is -1.81. The van der Waals surface area contributed by atoms with Gasteiger partial charge in [-0.25, -0.2) is 0 Å². The second-order valence-corrected chi connectivity index (χ2v) is 8.54. The third-order valence-electron chi connectivity index (χ3n) is 3.93.